The molecule has 0 radical (unpaired) electrons. The summed E-state index contributed by atoms with van der Waals surface area (Å²) in [5, 5.41) is 8.71. The predicted molar refractivity (Wildman–Crippen MR) is 86.2 cm³/mol. The fourth-order valence-corrected chi connectivity index (χ4v) is 3.85. The number of piperazine rings is 1. The number of piperidine rings is 1. The van der Waals surface area contributed by atoms with E-state index in [-0.39, 0.29) is 0 Å². The van der Waals surface area contributed by atoms with E-state index in [2.05, 4.69) is 26.4 Å². The highest BCUT2D eigenvalue weighted by atomic mass is 35.5. The van der Waals surface area contributed by atoms with Gasteiger partial charge in [0.2, 0.25) is 0 Å². The van der Waals surface area contributed by atoms with Crippen LogP contribution in [0.1, 0.15) is 24.8 Å². The molecule has 0 amide bonds. The molecule has 2 fully saturated rings. The highest BCUT2D eigenvalue weighted by Gasteiger charge is 2.29. The van der Waals surface area contributed by atoms with Crippen LogP contribution in [-0.4, -0.2) is 44.8 Å². The van der Waals surface area contributed by atoms with Crippen molar-refractivity contribution in [1.82, 2.24) is 25.0 Å². The highest BCUT2D eigenvalue weighted by Crippen LogP contribution is 2.24. The third-order valence-corrected chi connectivity index (χ3v) is 4.88. The van der Waals surface area contributed by atoms with Gasteiger partial charge in [0.15, 0.2) is 0 Å². The second kappa shape index (κ2) is 5.99. The Hall–Kier alpha value is -1.43. The van der Waals surface area contributed by atoms with E-state index in [1.165, 1.54) is 24.8 Å². The summed E-state index contributed by atoms with van der Waals surface area (Å²) in [5.74, 6) is 0. The Kier molecular flexibility index (Phi) is 3.86. The van der Waals surface area contributed by atoms with Crippen molar-refractivity contribution in [3.63, 3.8) is 0 Å². The van der Waals surface area contributed by atoms with Crippen LogP contribution in [-0.2, 0) is 6.54 Å². The van der Waals surface area contributed by atoms with Crippen molar-refractivity contribution in [3.05, 3.63) is 41.4 Å². The molecular weight excluding hydrogens is 298 g/mol. The molecule has 5 nitrogen and oxygen atoms in total. The lowest BCUT2D eigenvalue weighted by atomic mass is 9.94. The molecule has 2 aliphatic heterocycles. The third kappa shape index (κ3) is 2.89. The Morgan fingerprint density at radius 3 is 2.77 bits per heavy atom. The van der Waals surface area contributed by atoms with Crippen LogP contribution >= 0.6 is 11.6 Å². The number of hydrogen-bond donors (Lipinski definition) is 1. The van der Waals surface area contributed by atoms with Gasteiger partial charge in [-0.05, 0) is 30.5 Å². The SMILES string of the molecule is Clc1ccc(CN2CC3CCCC(C2)N3)c(-n2cncn2)c1. The van der Waals surface area contributed by atoms with Crippen molar-refractivity contribution < 1.29 is 0 Å². The van der Waals surface area contributed by atoms with Gasteiger partial charge in [0.25, 0.3) is 0 Å². The molecular formula is C16H20ClN5. The van der Waals surface area contributed by atoms with Gasteiger partial charge in [-0.15, -0.1) is 0 Å². The molecule has 3 heterocycles. The van der Waals surface area contributed by atoms with Crippen LogP contribution in [0.4, 0.5) is 0 Å². The minimum atomic E-state index is 0.648. The van der Waals surface area contributed by atoms with Crippen LogP contribution in [0, 0.1) is 0 Å². The normalized spacial score (nSPS) is 25.3. The maximum atomic E-state index is 6.17. The summed E-state index contributed by atoms with van der Waals surface area (Å²) in [7, 11) is 0. The van der Waals surface area contributed by atoms with Crippen LogP contribution in [0.15, 0.2) is 30.9 Å². The van der Waals surface area contributed by atoms with Gasteiger partial charge in [0, 0.05) is 36.7 Å². The van der Waals surface area contributed by atoms with Crippen LogP contribution in [0.2, 0.25) is 5.02 Å². The molecule has 2 unspecified atom stereocenters. The predicted octanol–water partition coefficient (Wildman–Crippen LogP) is 2.25. The maximum absolute atomic E-state index is 6.17. The molecule has 0 aliphatic carbocycles. The monoisotopic (exact) mass is 317 g/mol. The van der Waals surface area contributed by atoms with Crippen molar-refractivity contribution in [2.24, 2.45) is 0 Å². The molecule has 1 aromatic carbocycles. The smallest absolute Gasteiger partial charge is 0.138 e. The van der Waals surface area contributed by atoms with E-state index in [1.54, 1.807) is 17.3 Å². The van der Waals surface area contributed by atoms with Crippen molar-refractivity contribution in [2.75, 3.05) is 13.1 Å². The molecule has 2 saturated heterocycles. The van der Waals surface area contributed by atoms with Gasteiger partial charge in [0.05, 0.1) is 5.69 Å². The molecule has 22 heavy (non-hydrogen) atoms. The Morgan fingerprint density at radius 2 is 2.05 bits per heavy atom. The van der Waals surface area contributed by atoms with E-state index in [4.69, 9.17) is 11.6 Å². The van der Waals surface area contributed by atoms with Gasteiger partial charge in [-0.3, -0.25) is 4.90 Å². The molecule has 6 heteroatoms. The van der Waals surface area contributed by atoms with Crippen molar-refractivity contribution in [3.8, 4) is 5.69 Å². The second-order valence-electron chi connectivity index (χ2n) is 6.30. The van der Waals surface area contributed by atoms with E-state index < -0.39 is 0 Å². The number of benzene rings is 1. The molecule has 116 valence electrons. The van der Waals surface area contributed by atoms with Crippen molar-refractivity contribution >= 4 is 11.6 Å². The number of likely N-dealkylation sites (tertiary alicyclic amines) is 1. The summed E-state index contributed by atoms with van der Waals surface area (Å²) in [6.45, 7) is 3.17. The van der Waals surface area contributed by atoms with Gasteiger partial charge in [-0.1, -0.05) is 24.1 Å². The maximum Gasteiger partial charge on any atom is 0.138 e. The Bertz CT molecular complexity index is 630. The number of nitrogens with zero attached hydrogens (tertiary/aromatic N) is 4. The fourth-order valence-electron chi connectivity index (χ4n) is 3.68. The number of aromatic nitrogens is 3. The molecule has 2 aliphatic rings. The summed E-state index contributed by atoms with van der Waals surface area (Å²) in [6.07, 6.45) is 7.23. The quantitative estimate of drug-likeness (QED) is 0.943. The highest BCUT2D eigenvalue weighted by molar-refractivity contribution is 6.30. The minimum absolute atomic E-state index is 0.648. The Morgan fingerprint density at radius 1 is 1.23 bits per heavy atom. The Labute approximate surface area is 135 Å². The van der Waals surface area contributed by atoms with E-state index in [0.717, 1.165) is 30.3 Å². The first kappa shape index (κ1) is 14.2. The van der Waals surface area contributed by atoms with Crippen molar-refractivity contribution in [1.29, 1.82) is 0 Å². The number of fused-ring (bicyclic) bond motifs is 2. The average Bonchev–Trinajstić information content (AvgIpc) is 3.03. The number of nitrogens with one attached hydrogen (secondary N) is 1. The molecule has 1 N–H and O–H groups in total. The number of rotatable bonds is 3. The largest absolute Gasteiger partial charge is 0.309 e. The third-order valence-electron chi connectivity index (χ3n) is 4.64. The van der Waals surface area contributed by atoms with E-state index >= 15 is 0 Å². The first-order valence-corrected chi connectivity index (χ1v) is 8.27. The summed E-state index contributed by atoms with van der Waals surface area (Å²) in [6, 6.07) is 7.33. The zero-order valence-electron chi connectivity index (χ0n) is 12.5. The number of halogens is 1. The Balaban J connectivity index is 1.58. The molecule has 2 bridgehead atoms. The fraction of sp³-hybridized carbons (Fsp3) is 0.500. The summed E-state index contributed by atoms with van der Waals surface area (Å²) in [4.78, 5) is 6.60. The van der Waals surface area contributed by atoms with Gasteiger partial charge in [-0.2, -0.15) is 5.10 Å². The van der Waals surface area contributed by atoms with Crippen LogP contribution in [0.3, 0.4) is 0 Å². The lowest BCUT2D eigenvalue weighted by Crippen LogP contribution is -2.58. The molecule has 1 aromatic heterocycles. The summed E-state index contributed by atoms with van der Waals surface area (Å²) >= 11 is 6.17. The first-order valence-electron chi connectivity index (χ1n) is 7.90. The number of hydrogen-bond acceptors (Lipinski definition) is 4. The zero-order chi connectivity index (χ0) is 14.9. The standard InChI is InChI=1S/C16H20ClN5/c17-13-5-4-12(16(6-13)22-11-18-10-19-22)7-21-8-14-2-1-3-15(9-21)20-14/h4-6,10-11,14-15,20H,1-3,7-9H2. The molecule has 0 saturated carbocycles. The van der Waals surface area contributed by atoms with Gasteiger partial charge in [0.1, 0.15) is 12.7 Å². The van der Waals surface area contributed by atoms with E-state index in [9.17, 15) is 0 Å². The van der Waals surface area contributed by atoms with Gasteiger partial charge in [-0.25, -0.2) is 9.67 Å². The molecule has 4 rings (SSSR count). The lowest BCUT2D eigenvalue weighted by Gasteiger charge is -2.42. The van der Waals surface area contributed by atoms with Crippen LogP contribution in [0.5, 0.6) is 0 Å². The summed E-state index contributed by atoms with van der Waals surface area (Å²) < 4.78 is 1.80. The summed E-state index contributed by atoms with van der Waals surface area (Å²) in [5.41, 5.74) is 2.27. The van der Waals surface area contributed by atoms with Crippen molar-refractivity contribution in [2.45, 2.75) is 37.9 Å². The lowest BCUT2D eigenvalue weighted by molar-refractivity contribution is 0.119. The topological polar surface area (TPSA) is 46.0 Å². The average molecular weight is 318 g/mol. The van der Waals surface area contributed by atoms with E-state index in [1.807, 2.05) is 12.1 Å². The van der Waals surface area contributed by atoms with Crippen LogP contribution in [0.25, 0.3) is 5.69 Å². The first-order chi connectivity index (χ1) is 10.8. The zero-order valence-corrected chi connectivity index (χ0v) is 13.2. The second-order valence-corrected chi connectivity index (χ2v) is 6.74. The minimum Gasteiger partial charge on any atom is -0.309 e. The molecule has 2 atom stereocenters. The molecule has 2 aromatic rings. The van der Waals surface area contributed by atoms with Gasteiger partial charge >= 0.3 is 0 Å². The van der Waals surface area contributed by atoms with E-state index in [0.29, 0.717) is 12.1 Å². The molecule has 0 spiro atoms. The van der Waals surface area contributed by atoms with Crippen LogP contribution < -0.4 is 5.32 Å². The van der Waals surface area contributed by atoms with Gasteiger partial charge < -0.3 is 5.32 Å².